The maximum atomic E-state index is 8.42. The van der Waals surface area contributed by atoms with Gasteiger partial charge < -0.3 is 5.41 Å². The minimum absolute atomic E-state index is 0.966. The largest absolute Gasteiger partial charge is 0.308 e. The van der Waals surface area contributed by atoms with E-state index in [1.807, 2.05) is 12.2 Å². The van der Waals surface area contributed by atoms with E-state index in [0.717, 1.165) is 5.31 Å². The SMILES string of the molecule is C=C/C=C(\C)P(/C(C=N)=C/C=C)c1c2c(c(-c3ccccc3)c3ccccc13)-c1cccc3cccc-2c13. The zero-order valence-electron chi connectivity index (χ0n) is 21.4. The first-order valence-corrected chi connectivity index (χ1v) is 14.1. The van der Waals surface area contributed by atoms with Crippen LogP contribution < -0.4 is 5.30 Å². The molecule has 1 aliphatic carbocycles. The molecular formula is C36H28NP. The first kappa shape index (κ1) is 24.0. The molecule has 0 aromatic heterocycles. The van der Waals surface area contributed by atoms with Crippen LogP contribution in [-0.4, -0.2) is 6.21 Å². The second-order valence-corrected chi connectivity index (χ2v) is 11.8. The summed E-state index contributed by atoms with van der Waals surface area (Å²) in [6.45, 7) is 10.1. The third kappa shape index (κ3) is 3.63. The van der Waals surface area contributed by atoms with Gasteiger partial charge in [0, 0.05) is 16.8 Å². The van der Waals surface area contributed by atoms with Gasteiger partial charge in [-0.25, -0.2) is 0 Å². The van der Waals surface area contributed by atoms with E-state index in [1.54, 1.807) is 6.08 Å². The summed E-state index contributed by atoms with van der Waals surface area (Å²) in [5.41, 5.74) is 7.62. The molecule has 182 valence electrons. The Morgan fingerprint density at radius 3 is 1.97 bits per heavy atom. The molecule has 0 heterocycles. The Balaban J connectivity index is 1.89. The molecule has 0 aliphatic heterocycles. The molecule has 6 rings (SSSR count). The van der Waals surface area contributed by atoms with Crippen molar-refractivity contribution in [1.82, 2.24) is 0 Å². The van der Waals surface area contributed by atoms with Gasteiger partial charge in [0.15, 0.2) is 0 Å². The second kappa shape index (κ2) is 9.86. The van der Waals surface area contributed by atoms with Crippen molar-refractivity contribution in [3.05, 3.63) is 139 Å². The molecule has 1 atom stereocenters. The summed E-state index contributed by atoms with van der Waals surface area (Å²) in [6, 6.07) is 32.9. The molecular weight excluding hydrogens is 477 g/mol. The van der Waals surface area contributed by atoms with Crippen LogP contribution in [-0.2, 0) is 0 Å². The Bertz CT molecular complexity index is 1820. The van der Waals surface area contributed by atoms with E-state index in [-0.39, 0.29) is 0 Å². The lowest BCUT2D eigenvalue weighted by molar-refractivity contribution is 1.57. The molecule has 0 amide bonds. The Kier molecular flexibility index (Phi) is 6.24. The Morgan fingerprint density at radius 2 is 1.32 bits per heavy atom. The zero-order valence-corrected chi connectivity index (χ0v) is 22.3. The number of hydrogen-bond acceptors (Lipinski definition) is 1. The van der Waals surface area contributed by atoms with Gasteiger partial charge >= 0.3 is 0 Å². The first-order chi connectivity index (χ1) is 18.7. The summed E-state index contributed by atoms with van der Waals surface area (Å²) in [5.74, 6) is 0. The molecule has 0 bridgehead atoms. The number of nitrogens with one attached hydrogen (secondary N) is 1. The number of allylic oxidation sites excluding steroid dienone is 6. The molecule has 0 spiro atoms. The average Bonchev–Trinajstić information content (AvgIpc) is 3.28. The summed E-state index contributed by atoms with van der Waals surface area (Å²) in [6.07, 6.45) is 9.25. The van der Waals surface area contributed by atoms with Crippen LogP contribution in [0.15, 0.2) is 139 Å². The first-order valence-electron chi connectivity index (χ1n) is 12.8. The highest BCUT2D eigenvalue weighted by atomic mass is 31.1. The molecule has 0 radical (unpaired) electrons. The van der Waals surface area contributed by atoms with Crippen LogP contribution in [0.2, 0.25) is 0 Å². The van der Waals surface area contributed by atoms with Crippen LogP contribution in [0.3, 0.4) is 0 Å². The lowest BCUT2D eigenvalue weighted by Crippen LogP contribution is -2.11. The molecule has 2 heteroatoms. The van der Waals surface area contributed by atoms with Gasteiger partial charge in [-0.1, -0.05) is 128 Å². The van der Waals surface area contributed by atoms with E-state index in [9.17, 15) is 0 Å². The second-order valence-electron chi connectivity index (χ2n) is 9.45. The third-order valence-electron chi connectivity index (χ3n) is 7.32. The van der Waals surface area contributed by atoms with Crippen molar-refractivity contribution in [2.24, 2.45) is 0 Å². The molecule has 5 aromatic carbocycles. The van der Waals surface area contributed by atoms with E-state index >= 15 is 0 Å². The topological polar surface area (TPSA) is 23.9 Å². The molecule has 0 fully saturated rings. The van der Waals surface area contributed by atoms with E-state index in [4.69, 9.17) is 5.41 Å². The van der Waals surface area contributed by atoms with Crippen LogP contribution in [0.25, 0.3) is 54.9 Å². The standard InChI is InChI=1S/C36H28NP/c1-4-13-24(3)38(27(23-37)14-5-2)36-29-20-10-9-19-28(29)33(26-15-7-6-8-16-26)34-30-21-11-17-25-18-12-22-31(32(25)30)35(34)36/h4-23,37H,1-2H2,3H3/b24-13+,27-14+,37-23?. The van der Waals surface area contributed by atoms with E-state index in [1.165, 1.54) is 71.8 Å². The highest BCUT2D eigenvalue weighted by molar-refractivity contribution is 7.75. The Morgan fingerprint density at radius 1 is 0.684 bits per heavy atom. The van der Waals surface area contributed by atoms with Crippen molar-refractivity contribution in [3.63, 3.8) is 0 Å². The fourth-order valence-electron chi connectivity index (χ4n) is 5.91. The maximum Gasteiger partial charge on any atom is 0.0261 e. The normalized spacial score (nSPS) is 13.4. The van der Waals surface area contributed by atoms with Crippen LogP contribution >= 0.6 is 7.92 Å². The predicted molar refractivity (Wildman–Crippen MR) is 169 cm³/mol. The molecule has 1 unspecified atom stereocenters. The number of benzene rings is 5. The minimum Gasteiger partial charge on any atom is -0.308 e. The lowest BCUT2D eigenvalue weighted by Gasteiger charge is -2.27. The fraction of sp³-hybridized carbons (Fsp3) is 0.0278. The minimum atomic E-state index is -1.02. The van der Waals surface area contributed by atoms with Gasteiger partial charge in [-0.15, -0.1) is 0 Å². The van der Waals surface area contributed by atoms with Gasteiger partial charge in [0.2, 0.25) is 0 Å². The summed E-state index contributed by atoms with van der Waals surface area (Å²) in [4.78, 5) is 0. The Labute approximate surface area is 225 Å². The van der Waals surface area contributed by atoms with Crippen LogP contribution in [0, 0.1) is 5.41 Å². The van der Waals surface area contributed by atoms with E-state index < -0.39 is 7.92 Å². The highest BCUT2D eigenvalue weighted by Gasteiger charge is 2.33. The molecule has 1 aliphatic rings. The van der Waals surface area contributed by atoms with Gasteiger partial charge in [-0.05, 0) is 75.1 Å². The quantitative estimate of drug-likeness (QED) is 0.127. The van der Waals surface area contributed by atoms with Crippen molar-refractivity contribution < 1.29 is 0 Å². The van der Waals surface area contributed by atoms with E-state index in [0.29, 0.717) is 0 Å². The van der Waals surface area contributed by atoms with Gasteiger partial charge in [0.05, 0.1) is 0 Å². The molecule has 0 saturated heterocycles. The number of fused-ring (bicyclic) bond motifs is 4. The summed E-state index contributed by atoms with van der Waals surface area (Å²) in [5, 5.41) is 16.9. The fourth-order valence-corrected chi connectivity index (χ4v) is 8.46. The van der Waals surface area contributed by atoms with Crippen LogP contribution in [0.1, 0.15) is 6.92 Å². The van der Waals surface area contributed by atoms with Crippen molar-refractivity contribution in [2.45, 2.75) is 6.92 Å². The molecule has 1 nitrogen and oxygen atoms in total. The summed E-state index contributed by atoms with van der Waals surface area (Å²) >= 11 is 0. The Hall–Kier alpha value is -4.32. The molecule has 1 N–H and O–H groups in total. The maximum absolute atomic E-state index is 8.42. The third-order valence-corrected chi connectivity index (χ3v) is 9.89. The van der Waals surface area contributed by atoms with Gasteiger partial charge in [-0.2, -0.15) is 0 Å². The monoisotopic (exact) mass is 505 g/mol. The lowest BCUT2D eigenvalue weighted by atomic mass is 9.88. The van der Waals surface area contributed by atoms with Crippen molar-refractivity contribution in [1.29, 1.82) is 5.41 Å². The average molecular weight is 506 g/mol. The van der Waals surface area contributed by atoms with Gasteiger partial charge in [0.1, 0.15) is 0 Å². The van der Waals surface area contributed by atoms with Crippen molar-refractivity contribution in [2.75, 3.05) is 0 Å². The molecule has 5 aromatic rings. The summed E-state index contributed by atoms with van der Waals surface area (Å²) < 4.78 is 0. The zero-order chi connectivity index (χ0) is 26.2. The summed E-state index contributed by atoms with van der Waals surface area (Å²) in [7, 11) is -1.02. The predicted octanol–water partition coefficient (Wildman–Crippen LogP) is 10.2. The van der Waals surface area contributed by atoms with Crippen molar-refractivity contribution in [3.8, 4) is 33.4 Å². The van der Waals surface area contributed by atoms with Crippen LogP contribution in [0.4, 0.5) is 0 Å². The molecule has 0 saturated carbocycles. The van der Waals surface area contributed by atoms with E-state index in [2.05, 4.69) is 117 Å². The smallest absolute Gasteiger partial charge is 0.0261 e. The van der Waals surface area contributed by atoms with Crippen LogP contribution in [0.5, 0.6) is 0 Å². The van der Waals surface area contributed by atoms with Crippen molar-refractivity contribution >= 4 is 41.0 Å². The highest BCUT2D eigenvalue weighted by Crippen LogP contribution is 2.60. The van der Waals surface area contributed by atoms with Gasteiger partial charge in [-0.3, -0.25) is 0 Å². The number of hydrogen-bond donors (Lipinski definition) is 1. The molecule has 38 heavy (non-hydrogen) atoms. The van der Waals surface area contributed by atoms with Gasteiger partial charge in [0.25, 0.3) is 0 Å². The number of rotatable bonds is 7.